The summed E-state index contributed by atoms with van der Waals surface area (Å²) < 4.78 is 32.9. The van der Waals surface area contributed by atoms with Gasteiger partial charge in [0.1, 0.15) is 17.4 Å². The smallest absolute Gasteiger partial charge is 0.315 e. The van der Waals surface area contributed by atoms with Gasteiger partial charge in [0.2, 0.25) is 0 Å². The number of urea groups is 1. The molecule has 1 saturated carbocycles. The number of carbonyl (C=O) groups is 1. The zero-order valence-corrected chi connectivity index (χ0v) is 15.3. The standard InChI is InChI=1S/C21H24F2N2O2/c1-14(18-11-10-16(22)12-19(18)23)25-21(26)24-13-15-6-2-5-9-20(15)27-17-7-3-4-8-17/h2,5-6,9-12,14,17H,3-4,7-8,13H2,1H3,(H2,24,25,26). The molecule has 6 heteroatoms. The number of amides is 2. The second-order valence-electron chi connectivity index (χ2n) is 6.85. The quantitative estimate of drug-likeness (QED) is 0.760. The Morgan fingerprint density at radius 3 is 2.67 bits per heavy atom. The first-order valence-corrected chi connectivity index (χ1v) is 9.27. The Morgan fingerprint density at radius 1 is 1.19 bits per heavy atom. The van der Waals surface area contributed by atoms with Gasteiger partial charge in [-0.2, -0.15) is 0 Å². The van der Waals surface area contributed by atoms with Gasteiger partial charge in [-0.1, -0.05) is 24.3 Å². The van der Waals surface area contributed by atoms with Crippen molar-refractivity contribution in [1.29, 1.82) is 0 Å². The lowest BCUT2D eigenvalue weighted by Crippen LogP contribution is -2.37. The maximum atomic E-state index is 13.8. The first kappa shape index (κ1) is 19.1. The number of ether oxygens (including phenoxy) is 1. The molecule has 2 aromatic rings. The van der Waals surface area contributed by atoms with Crippen molar-refractivity contribution in [2.45, 2.75) is 51.3 Å². The van der Waals surface area contributed by atoms with Gasteiger partial charge in [0, 0.05) is 23.7 Å². The van der Waals surface area contributed by atoms with Crippen LogP contribution in [0, 0.1) is 11.6 Å². The fraction of sp³-hybridized carbons (Fsp3) is 0.381. The van der Waals surface area contributed by atoms with Gasteiger partial charge < -0.3 is 15.4 Å². The third-order valence-corrected chi connectivity index (χ3v) is 4.78. The molecule has 0 spiro atoms. The van der Waals surface area contributed by atoms with Crippen molar-refractivity contribution in [2.24, 2.45) is 0 Å². The summed E-state index contributed by atoms with van der Waals surface area (Å²) in [5.41, 5.74) is 1.12. The van der Waals surface area contributed by atoms with Gasteiger partial charge in [-0.15, -0.1) is 0 Å². The molecule has 0 saturated heterocycles. The van der Waals surface area contributed by atoms with Crippen LogP contribution in [0.3, 0.4) is 0 Å². The molecular weight excluding hydrogens is 350 g/mol. The van der Waals surface area contributed by atoms with Gasteiger partial charge in [-0.3, -0.25) is 0 Å². The summed E-state index contributed by atoms with van der Waals surface area (Å²) in [6.45, 7) is 1.94. The zero-order chi connectivity index (χ0) is 19.2. The van der Waals surface area contributed by atoms with Crippen LogP contribution in [-0.4, -0.2) is 12.1 Å². The Morgan fingerprint density at radius 2 is 1.93 bits per heavy atom. The van der Waals surface area contributed by atoms with Crippen LogP contribution in [0.1, 0.15) is 49.8 Å². The summed E-state index contributed by atoms with van der Waals surface area (Å²) in [6.07, 6.45) is 4.73. The van der Waals surface area contributed by atoms with E-state index in [9.17, 15) is 13.6 Å². The Balaban J connectivity index is 1.56. The molecule has 27 heavy (non-hydrogen) atoms. The number of carbonyl (C=O) groups excluding carboxylic acids is 1. The van der Waals surface area contributed by atoms with E-state index in [2.05, 4.69) is 10.6 Å². The van der Waals surface area contributed by atoms with E-state index in [1.54, 1.807) is 6.92 Å². The summed E-state index contributed by atoms with van der Waals surface area (Å²) in [5.74, 6) is -0.549. The minimum absolute atomic E-state index is 0.233. The third-order valence-electron chi connectivity index (χ3n) is 4.78. The van der Waals surface area contributed by atoms with E-state index < -0.39 is 23.7 Å². The Labute approximate surface area is 157 Å². The van der Waals surface area contributed by atoms with E-state index in [1.807, 2.05) is 24.3 Å². The lowest BCUT2D eigenvalue weighted by molar-refractivity contribution is 0.207. The molecule has 144 valence electrons. The predicted octanol–water partition coefficient (Wildman–Crippen LogP) is 4.85. The minimum Gasteiger partial charge on any atom is -0.490 e. The summed E-state index contributed by atoms with van der Waals surface area (Å²) >= 11 is 0. The van der Waals surface area contributed by atoms with E-state index in [4.69, 9.17) is 4.74 Å². The molecule has 1 aliphatic rings. The summed E-state index contributed by atoms with van der Waals surface area (Å²) in [4.78, 5) is 12.2. The highest BCUT2D eigenvalue weighted by molar-refractivity contribution is 5.74. The number of rotatable bonds is 6. The highest BCUT2D eigenvalue weighted by Crippen LogP contribution is 2.26. The monoisotopic (exact) mass is 374 g/mol. The average Bonchev–Trinajstić information content (AvgIpc) is 3.14. The van der Waals surface area contributed by atoms with E-state index in [0.717, 1.165) is 30.2 Å². The maximum absolute atomic E-state index is 13.8. The first-order chi connectivity index (χ1) is 13.0. The number of nitrogens with one attached hydrogen (secondary N) is 2. The third kappa shape index (κ3) is 5.18. The lowest BCUT2D eigenvalue weighted by atomic mass is 10.1. The van der Waals surface area contributed by atoms with Gasteiger partial charge in [-0.05, 0) is 44.7 Å². The Kier molecular flexibility index (Phi) is 6.27. The number of halogens is 2. The molecule has 3 rings (SSSR count). The molecule has 1 atom stereocenters. The van der Waals surface area contributed by atoms with Gasteiger partial charge in [0.15, 0.2) is 0 Å². The molecule has 1 unspecified atom stereocenters. The molecule has 2 N–H and O–H groups in total. The number of para-hydroxylation sites is 1. The highest BCUT2D eigenvalue weighted by atomic mass is 19.1. The van der Waals surface area contributed by atoms with Crippen LogP contribution in [0.25, 0.3) is 0 Å². The van der Waals surface area contributed by atoms with Crippen LogP contribution in [0.5, 0.6) is 5.75 Å². The normalized spacial score (nSPS) is 15.4. The molecule has 2 amide bonds. The van der Waals surface area contributed by atoms with Crippen molar-refractivity contribution >= 4 is 6.03 Å². The number of hydrogen-bond donors (Lipinski definition) is 2. The van der Waals surface area contributed by atoms with Crippen LogP contribution < -0.4 is 15.4 Å². The lowest BCUT2D eigenvalue weighted by Gasteiger charge is -2.18. The van der Waals surface area contributed by atoms with E-state index in [-0.39, 0.29) is 11.7 Å². The van der Waals surface area contributed by atoms with Crippen molar-refractivity contribution in [2.75, 3.05) is 0 Å². The van der Waals surface area contributed by atoms with Crippen molar-refractivity contribution in [3.8, 4) is 5.75 Å². The van der Waals surface area contributed by atoms with Gasteiger partial charge in [0.25, 0.3) is 0 Å². The molecule has 4 nitrogen and oxygen atoms in total. The molecule has 0 radical (unpaired) electrons. The summed E-state index contributed by atoms with van der Waals surface area (Å²) in [6, 6.07) is 9.92. The first-order valence-electron chi connectivity index (χ1n) is 9.27. The minimum atomic E-state index is -0.682. The highest BCUT2D eigenvalue weighted by Gasteiger charge is 2.18. The topological polar surface area (TPSA) is 50.4 Å². The second kappa shape index (κ2) is 8.84. The fourth-order valence-corrected chi connectivity index (χ4v) is 3.30. The van der Waals surface area contributed by atoms with Crippen LogP contribution in [0.4, 0.5) is 13.6 Å². The SMILES string of the molecule is CC(NC(=O)NCc1ccccc1OC1CCCC1)c1ccc(F)cc1F. The second-order valence-corrected chi connectivity index (χ2v) is 6.85. The van der Waals surface area contributed by atoms with Gasteiger partial charge >= 0.3 is 6.03 Å². The van der Waals surface area contributed by atoms with E-state index in [0.29, 0.717) is 6.54 Å². The van der Waals surface area contributed by atoms with Crippen LogP contribution in [-0.2, 0) is 6.54 Å². The Hall–Kier alpha value is -2.63. The molecule has 1 aliphatic carbocycles. The maximum Gasteiger partial charge on any atom is 0.315 e. The van der Waals surface area contributed by atoms with Gasteiger partial charge in [0.05, 0.1) is 12.1 Å². The molecule has 0 bridgehead atoms. The molecule has 0 aromatic heterocycles. The van der Waals surface area contributed by atoms with E-state index >= 15 is 0 Å². The van der Waals surface area contributed by atoms with E-state index in [1.165, 1.54) is 25.0 Å². The van der Waals surface area contributed by atoms with Crippen molar-refractivity contribution in [3.05, 3.63) is 65.2 Å². The molecular formula is C21H24F2N2O2. The van der Waals surface area contributed by atoms with Crippen molar-refractivity contribution < 1.29 is 18.3 Å². The van der Waals surface area contributed by atoms with Crippen LogP contribution in [0.2, 0.25) is 0 Å². The van der Waals surface area contributed by atoms with Crippen LogP contribution in [0.15, 0.2) is 42.5 Å². The van der Waals surface area contributed by atoms with Crippen LogP contribution >= 0.6 is 0 Å². The van der Waals surface area contributed by atoms with Crippen molar-refractivity contribution in [1.82, 2.24) is 10.6 Å². The summed E-state index contributed by atoms with van der Waals surface area (Å²) in [5, 5.41) is 5.44. The molecule has 2 aromatic carbocycles. The predicted molar refractivity (Wildman–Crippen MR) is 99.5 cm³/mol. The average molecular weight is 374 g/mol. The molecule has 1 fully saturated rings. The van der Waals surface area contributed by atoms with Gasteiger partial charge in [-0.25, -0.2) is 13.6 Å². The fourth-order valence-electron chi connectivity index (χ4n) is 3.30. The largest absolute Gasteiger partial charge is 0.490 e. The van der Waals surface area contributed by atoms with Crippen molar-refractivity contribution in [3.63, 3.8) is 0 Å². The number of hydrogen-bond acceptors (Lipinski definition) is 2. The summed E-state index contributed by atoms with van der Waals surface area (Å²) in [7, 11) is 0. The zero-order valence-electron chi connectivity index (χ0n) is 15.3. The number of benzene rings is 2. The molecule has 0 heterocycles. The molecule has 0 aliphatic heterocycles. The Bertz CT molecular complexity index is 792.